The van der Waals surface area contributed by atoms with Crippen molar-refractivity contribution in [1.82, 2.24) is 0 Å². The van der Waals surface area contributed by atoms with E-state index in [1.54, 1.807) is 7.05 Å². The van der Waals surface area contributed by atoms with E-state index in [2.05, 4.69) is 29.8 Å². The van der Waals surface area contributed by atoms with Crippen LogP contribution in [0.15, 0.2) is 9.59 Å². The van der Waals surface area contributed by atoms with Crippen LogP contribution in [0.2, 0.25) is 0 Å². The number of hydrogen-bond acceptors (Lipinski definition) is 5. The van der Waals surface area contributed by atoms with Crippen molar-refractivity contribution in [3.05, 3.63) is 20.4 Å². The Labute approximate surface area is 290 Å². The quantitative estimate of drug-likeness (QED) is 0.0402. The second-order valence-corrected chi connectivity index (χ2v) is 14.5. The van der Waals surface area contributed by atoms with Gasteiger partial charge in [0.15, 0.2) is 0 Å². The molecular formula is C40H80N4O3+2. The van der Waals surface area contributed by atoms with Gasteiger partial charge in [-0.1, -0.05) is 142 Å². The summed E-state index contributed by atoms with van der Waals surface area (Å²) < 4.78 is 0. The fraction of sp³-hybridized carbons (Fsp3) is 0.900. The molecule has 0 spiro atoms. The highest BCUT2D eigenvalue weighted by Gasteiger charge is 2.21. The van der Waals surface area contributed by atoms with E-state index >= 15 is 0 Å². The van der Waals surface area contributed by atoms with Crippen LogP contribution in [0, 0.1) is 0 Å². The lowest BCUT2D eigenvalue weighted by molar-refractivity contribution is -0.903. The Morgan fingerprint density at radius 3 is 1.36 bits per heavy atom. The van der Waals surface area contributed by atoms with Crippen molar-refractivity contribution < 1.29 is 15.3 Å². The third-order valence-corrected chi connectivity index (χ3v) is 10.0. The maximum Gasteiger partial charge on any atom is 0.253 e. The Morgan fingerprint density at radius 1 is 0.553 bits per heavy atom. The lowest BCUT2D eigenvalue weighted by Crippen LogP contribution is -3.13. The van der Waals surface area contributed by atoms with E-state index in [1.807, 2.05) is 0 Å². The lowest BCUT2D eigenvalue weighted by Gasteiger charge is -2.23. The average molecular weight is 665 g/mol. The largest absolute Gasteiger partial charge is 0.385 e. The van der Waals surface area contributed by atoms with Crippen molar-refractivity contribution in [3.63, 3.8) is 0 Å². The molecule has 0 aliphatic carbocycles. The summed E-state index contributed by atoms with van der Waals surface area (Å²) in [6, 6.07) is 0. The van der Waals surface area contributed by atoms with Gasteiger partial charge in [0, 0.05) is 26.4 Å². The van der Waals surface area contributed by atoms with E-state index in [4.69, 9.17) is 0 Å². The van der Waals surface area contributed by atoms with Crippen molar-refractivity contribution >= 4 is 11.4 Å². The summed E-state index contributed by atoms with van der Waals surface area (Å²) in [6.07, 6.45) is 35.0. The van der Waals surface area contributed by atoms with Crippen molar-refractivity contribution in [2.75, 3.05) is 56.9 Å². The number of rotatable bonds is 37. The molecule has 7 nitrogen and oxygen atoms in total. The van der Waals surface area contributed by atoms with E-state index in [0.717, 1.165) is 13.1 Å². The van der Waals surface area contributed by atoms with Crippen LogP contribution >= 0.6 is 0 Å². The summed E-state index contributed by atoms with van der Waals surface area (Å²) in [6.45, 7) is 10.2. The number of quaternary nitrogens is 2. The molecule has 6 N–H and O–H groups in total. The van der Waals surface area contributed by atoms with Gasteiger partial charge in [0.25, 0.3) is 10.9 Å². The Kier molecular flexibility index (Phi) is 29.5. The highest BCUT2D eigenvalue weighted by Crippen LogP contribution is 2.14. The zero-order valence-electron chi connectivity index (χ0n) is 31.5. The maximum absolute atomic E-state index is 11.9. The predicted octanol–water partition coefficient (Wildman–Crippen LogP) is 6.73. The number of nitrogens with one attached hydrogen (secondary N) is 3. The van der Waals surface area contributed by atoms with Gasteiger partial charge in [-0.2, -0.15) is 0 Å². The van der Waals surface area contributed by atoms with Crippen LogP contribution in [-0.4, -0.2) is 57.5 Å². The van der Waals surface area contributed by atoms with Gasteiger partial charge in [-0.25, -0.2) is 0 Å². The number of nitrogens with two attached hydrogens (primary N) is 1. The Morgan fingerprint density at radius 2 is 0.915 bits per heavy atom. The van der Waals surface area contributed by atoms with Gasteiger partial charge in [-0.15, -0.1) is 0 Å². The van der Waals surface area contributed by atoms with Gasteiger partial charge >= 0.3 is 0 Å². The van der Waals surface area contributed by atoms with Crippen LogP contribution in [0.1, 0.15) is 181 Å². The summed E-state index contributed by atoms with van der Waals surface area (Å²) in [5.41, 5.74) is -0.299. The van der Waals surface area contributed by atoms with E-state index in [0.29, 0.717) is 24.5 Å². The van der Waals surface area contributed by atoms with Gasteiger partial charge in [-0.3, -0.25) is 9.59 Å². The van der Waals surface area contributed by atoms with Crippen LogP contribution in [0.3, 0.4) is 0 Å². The summed E-state index contributed by atoms with van der Waals surface area (Å²) >= 11 is 0. The first-order valence-electron chi connectivity index (χ1n) is 20.6. The molecular weight excluding hydrogens is 584 g/mol. The molecule has 0 amide bonds. The number of hydrogen-bond donors (Lipinski definition) is 5. The highest BCUT2D eigenvalue weighted by atomic mass is 16.3. The van der Waals surface area contributed by atoms with Crippen LogP contribution in [0.5, 0.6) is 0 Å². The topological polar surface area (TPSA) is 99.5 Å². The number of unbranched alkanes of at least 4 members (excludes halogenated alkanes) is 23. The van der Waals surface area contributed by atoms with Gasteiger partial charge in [0.05, 0.1) is 26.2 Å². The molecule has 47 heavy (non-hydrogen) atoms. The first-order valence-corrected chi connectivity index (χ1v) is 20.6. The van der Waals surface area contributed by atoms with E-state index in [1.165, 1.54) is 185 Å². The molecule has 0 aromatic heterocycles. The monoisotopic (exact) mass is 665 g/mol. The Hall–Kier alpha value is -1.44. The fourth-order valence-electron chi connectivity index (χ4n) is 6.91. The molecule has 1 aromatic rings. The minimum absolute atomic E-state index is 0.300. The smallest absolute Gasteiger partial charge is 0.253 e. The number of aliphatic hydroxyl groups excluding tert-OH is 1. The standard InChI is InChI=1S/C40H78N4O3/c1-4-6-8-10-12-14-16-18-20-22-24-26-30-42-31-27-29-33-44(32-28-25-23-21-19-17-15-13-11-9-7-5-2)35-36(45)34-43-38-37(41-3)39(46)40(38)47/h36,41-43,45H,4-35H2,1-3H3/p+2. The van der Waals surface area contributed by atoms with Gasteiger partial charge in [0.2, 0.25) is 0 Å². The van der Waals surface area contributed by atoms with Gasteiger partial charge in [-0.05, 0) is 25.7 Å². The number of aliphatic hydroxyl groups is 1. The van der Waals surface area contributed by atoms with Crippen LogP contribution in [0.4, 0.5) is 11.4 Å². The maximum atomic E-state index is 11.9. The summed E-state index contributed by atoms with van der Waals surface area (Å²) in [7, 11) is 1.65. The second-order valence-electron chi connectivity index (χ2n) is 14.5. The molecule has 0 bridgehead atoms. The molecule has 0 radical (unpaired) electrons. The molecule has 0 fully saturated rings. The van der Waals surface area contributed by atoms with Crippen molar-refractivity contribution in [2.45, 2.75) is 187 Å². The first kappa shape index (κ1) is 43.6. The second kappa shape index (κ2) is 31.8. The molecule has 276 valence electrons. The number of anilines is 2. The Balaban J connectivity index is 2.19. The van der Waals surface area contributed by atoms with Crippen LogP contribution < -0.4 is 31.7 Å². The average Bonchev–Trinajstić information content (AvgIpc) is 3.07. The van der Waals surface area contributed by atoms with E-state index in [-0.39, 0.29) is 0 Å². The van der Waals surface area contributed by atoms with Crippen molar-refractivity contribution in [3.8, 4) is 0 Å². The minimum Gasteiger partial charge on any atom is -0.385 e. The third-order valence-electron chi connectivity index (χ3n) is 10.0. The van der Waals surface area contributed by atoms with Crippen molar-refractivity contribution in [1.29, 1.82) is 0 Å². The fourth-order valence-corrected chi connectivity index (χ4v) is 6.91. The minimum atomic E-state index is -0.547. The molecule has 2 atom stereocenters. The normalized spacial score (nSPS) is 12.9. The molecule has 7 heteroatoms. The summed E-state index contributed by atoms with van der Waals surface area (Å²) in [5.74, 6) is 0. The molecule has 0 saturated carbocycles. The van der Waals surface area contributed by atoms with Crippen LogP contribution in [0.25, 0.3) is 0 Å². The lowest BCUT2D eigenvalue weighted by atomic mass is 10.1. The van der Waals surface area contributed by atoms with E-state index in [9.17, 15) is 14.7 Å². The van der Waals surface area contributed by atoms with Gasteiger partial charge < -0.3 is 26.0 Å². The van der Waals surface area contributed by atoms with E-state index < -0.39 is 17.0 Å². The molecule has 0 heterocycles. The highest BCUT2D eigenvalue weighted by molar-refractivity contribution is 5.73. The molecule has 0 saturated heterocycles. The summed E-state index contributed by atoms with van der Waals surface area (Å²) in [4.78, 5) is 25.0. The molecule has 1 rings (SSSR count). The Bertz CT molecular complexity index is 885. The first-order chi connectivity index (χ1) is 23.0. The zero-order chi connectivity index (χ0) is 34.2. The molecule has 1 aromatic carbocycles. The molecule has 0 aliphatic rings. The molecule has 0 aliphatic heterocycles. The van der Waals surface area contributed by atoms with Gasteiger partial charge in [0.1, 0.15) is 24.0 Å². The zero-order valence-corrected chi connectivity index (χ0v) is 31.5. The predicted molar refractivity (Wildman–Crippen MR) is 204 cm³/mol. The summed E-state index contributed by atoms with van der Waals surface area (Å²) in [5, 5.41) is 19.1. The third kappa shape index (κ3) is 23.5. The van der Waals surface area contributed by atoms with Crippen LogP contribution in [-0.2, 0) is 0 Å². The van der Waals surface area contributed by atoms with Crippen molar-refractivity contribution in [2.24, 2.45) is 0 Å². The SMILES string of the molecule is CCCCCCCCCCCCCC[NH2+]CCCC[NH+](CCCCCCCCCCCCCC)CC(O)CNc1c(NC)c(=O)c1=O. The molecule has 2 unspecified atom stereocenters.